The number of nitrogens with one attached hydrogen (secondary N) is 1. The van der Waals surface area contributed by atoms with Crippen molar-refractivity contribution in [2.45, 2.75) is 12.8 Å². The third-order valence-corrected chi connectivity index (χ3v) is 2.09. The van der Waals surface area contributed by atoms with Gasteiger partial charge in [-0.15, -0.1) is 0 Å². The van der Waals surface area contributed by atoms with Crippen LogP contribution in [0.2, 0.25) is 0 Å². The van der Waals surface area contributed by atoms with Gasteiger partial charge in [-0.1, -0.05) is 18.2 Å². The number of rotatable bonds is 5. The lowest BCUT2D eigenvalue weighted by Crippen LogP contribution is -2.14. The van der Waals surface area contributed by atoms with Crippen molar-refractivity contribution in [1.29, 1.82) is 5.41 Å². The van der Waals surface area contributed by atoms with Crippen LogP contribution in [0.1, 0.15) is 18.4 Å². The van der Waals surface area contributed by atoms with Gasteiger partial charge in [0.2, 0.25) is 0 Å². The van der Waals surface area contributed by atoms with Gasteiger partial charge < -0.3 is 11.1 Å². The first-order valence-electron chi connectivity index (χ1n) is 4.80. The molecule has 6 heteroatoms. The molecule has 17 heavy (non-hydrogen) atoms. The third-order valence-electron chi connectivity index (χ3n) is 2.09. The molecule has 0 unspecified atom stereocenters. The molecular weight excluding hydrogens is 227 g/mol. The molecule has 0 aliphatic rings. The smallest absolute Gasteiger partial charge is 0.356 e. The Bertz CT molecular complexity index is 460. The van der Waals surface area contributed by atoms with Crippen molar-refractivity contribution in [2.75, 3.05) is 5.73 Å². The van der Waals surface area contributed by atoms with E-state index < -0.39 is 18.2 Å². The standard InChI is InChI=1S/C11H11FN2O3/c12-17-11(16)6-7(15)5-10(14)8-3-1-2-4-9(8)13/h1-4,14H,5-6,13H2. The van der Waals surface area contributed by atoms with Crippen LogP contribution >= 0.6 is 0 Å². The van der Waals surface area contributed by atoms with Gasteiger partial charge in [0.15, 0.2) is 0 Å². The highest BCUT2D eigenvalue weighted by Gasteiger charge is 2.15. The second-order valence-electron chi connectivity index (χ2n) is 3.41. The highest BCUT2D eigenvalue weighted by Crippen LogP contribution is 2.13. The van der Waals surface area contributed by atoms with Crippen LogP contribution in [0, 0.1) is 5.41 Å². The van der Waals surface area contributed by atoms with Gasteiger partial charge in [-0.05, 0) is 6.07 Å². The molecule has 0 amide bonds. The fraction of sp³-hybridized carbons (Fsp3) is 0.182. The van der Waals surface area contributed by atoms with E-state index in [1.807, 2.05) is 0 Å². The number of halogens is 1. The summed E-state index contributed by atoms with van der Waals surface area (Å²) < 4.78 is 11.4. The predicted molar refractivity (Wildman–Crippen MR) is 59.1 cm³/mol. The Hall–Kier alpha value is -2.24. The van der Waals surface area contributed by atoms with Crippen molar-refractivity contribution in [3.63, 3.8) is 0 Å². The molecule has 0 radical (unpaired) electrons. The van der Waals surface area contributed by atoms with Crippen LogP contribution in [-0.2, 0) is 14.5 Å². The Morgan fingerprint density at radius 1 is 1.29 bits per heavy atom. The second-order valence-corrected chi connectivity index (χ2v) is 3.41. The molecule has 0 bridgehead atoms. The van der Waals surface area contributed by atoms with Crippen LogP contribution in [0.3, 0.4) is 0 Å². The van der Waals surface area contributed by atoms with Gasteiger partial charge in [0, 0.05) is 27.9 Å². The van der Waals surface area contributed by atoms with Gasteiger partial charge in [0.1, 0.15) is 12.2 Å². The molecule has 5 nitrogen and oxygen atoms in total. The molecule has 1 rings (SSSR count). The Labute approximate surface area is 96.8 Å². The zero-order valence-corrected chi connectivity index (χ0v) is 8.90. The van der Waals surface area contributed by atoms with Crippen LogP contribution < -0.4 is 5.73 Å². The van der Waals surface area contributed by atoms with Gasteiger partial charge in [-0.2, -0.15) is 0 Å². The summed E-state index contributed by atoms with van der Waals surface area (Å²) in [6.07, 6.45) is -0.977. The number of para-hydroxylation sites is 1. The van der Waals surface area contributed by atoms with Crippen LogP contribution in [0.15, 0.2) is 24.3 Å². The zero-order valence-electron chi connectivity index (χ0n) is 8.90. The number of nitrogens with two attached hydrogens (primary N) is 1. The van der Waals surface area contributed by atoms with Crippen molar-refractivity contribution in [3.05, 3.63) is 29.8 Å². The number of carbonyl (C=O) groups is 2. The lowest BCUT2D eigenvalue weighted by molar-refractivity contribution is -0.183. The van der Waals surface area contributed by atoms with Gasteiger partial charge in [-0.25, -0.2) is 4.79 Å². The maximum atomic E-state index is 11.4. The summed E-state index contributed by atoms with van der Waals surface area (Å²) in [4.78, 5) is 24.6. The number of nitrogen functional groups attached to an aromatic ring is 1. The molecule has 0 saturated carbocycles. The van der Waals surface area contributed by atoms with Crippen LogP contribution in [0.25, 0.3) is 0 Å². The number of carbonyl (C=O) groups excluding carboxylic acids is 2. The van der Waals surface area contributed by atoms with E-state index in [1.54, 1.807) is 24.3 Å². The maximum Gasteiger partial charge on any atom is 0.356 e. The van der Waals surface area contributed by atoms with E-state index in [0.717, 1.165) is 0 Å². The molecule has 1 aromatic rings. The molecule has 0 fully saturated rings. The minimum atomic E-state index is -1.26. The summed E-state index contributed by atoms with van der Waals surface area (Å²) in [5.74, 6) is -1.86. The summed E-state index contributed by atoms with van der Waals surface area (Å²) in [6, 6.07) is 6.58. The molecule has 0 saturated heterocycles. The molecule has 0 aromatic heterocycles. The van der Waals surface area contributed by atoms with Crippen LogP contribution in [-0.4, -0.2) is 17.5 Å². The summed E-state index contributed by atoms with van der Waals surface area (Å²) in [5.41, 5.74) is 6.41. The topological polar surface area (TPSA) is 93.2 Å². The molecule has 0 aliphatic carbocycles. The SMILES string of the molecule is N=C(CC(=O)CC(=O)OF)c1ccccc1N. The number of anilines is 1. The first-order chi connectivity index (χ1) is 8.04. The van der Waals surface area contributed by atoms with Crippen molar-refractivity contribution in [2.24, 2.45) is 0 Å². The van der Waals surface area contributed by atoms with Gasteiger partial charge in [0.25, 0.3) is 0 Å². The largest absolute Gasteiger partial charge is 0.398 e. The Morgan fingerprint density at radius 2 is 1.94 bits per heavy atom. The summed E-state index contributed by atoms with van der Waals surface area (Å²) in [5, 5.41) is 7.66. The number of benzene rings is 1. The van der Waals surface area contributed by atoms with Crippen molar-refractivity contribution < 1.29 is 19.1 Å². The first-order valence-corrected chi connectivity index (χ1v) is 4.80. The number of Topliss-reactive ketones (excluding diaryl/α,β-unsaturated/α-hetero) is 1. The molecule has 0 spiro atoms. The van der Waals surface area contributed by atoms with E-state index in [0.29, 0.717) is 11.3 Å². The van der Waals surface area contributed by atoms with Gasteiger partial charge in [0.05, 0.1) is 0 Å². The predicted octanol–water partition coefficient (Wildman–Crippen LogP) is 1.41. The molecular formula is C11H11FN2O3. The maximum absolute atomic E-state index is 11.4. The molecule has 90 valence electrons. The Morgan fingerprint density at radius 3 is 2.53 bits per heavy atom. The Kier molecular flexibility index (Phi) is 4.33. The highest BCUT2D eigenvalue weighted by molar-refractivity contribution is 6.14. The monoisotopic (exact) mass is 238 g/mol. The van der Waals surface area contributed by atoms with Crippen LogP contribution in [0.5, 0.6) is 0 Å². The minimum absolute atomic E-state index is 0.0141. The van der Waals surface area contributed by atoms with Crippen molar-refractivity contribution in [3.8, 4) is 0 Å². The lowest BCUT2D eigenvalue weighted by atomic mass is 10.0. The first kappa shape index (κ1) is 12.8. The third kappa shape index (κ3) is 3.67. The Balaban J connectivity index is 2.64. The fourth-order valence-electron chi connectivity index (χ4n) is 1.31. The molecule has 1 aromatic carbocycles. The molecule has 0 aliphatic heterocycles. The molecule has 3 N–H and O–H groups in total. The van der Waals surface area contributed by atoms with Gasteiger partial charge >= 0.3 is 5.97 Å². The van der Waals surface area contributed by atoms with E-state index in [1.165, 1.54) is 0 Å². The molecule has 0 atom stereocenters. The van der Waals surface area contributed by atoms with E-state index >= 15 is 0 Å². The van der Waals surface area contributed by atoms with Crippen molar-refractivity contribution >= 4 is 23.2 Å². The number of hydrogen-bond acceptors (Lipinski definition) is 5. The number of hydrogen-bond donors (Lipinski definition) is 2. The highest BCUT2D eigenvalue weighted by atomic mass is 19.3. The van der Waals surface area contributed by atoms with E-state index in [4.69, 9.17) is 11.1 Å². The summed E-state index contributed by atoms with van der Waals surface area (Å²) in [7, 11) is 0. The van der Waals surface area contributed by atoms with Crippen LogP contribution in [0.4, 0.5) is 10.2 Å². The molecule has 0 heterocycles. The fourth-order valence-corrected chi connectivity index (χ4v) is 1.31. The van der Waals surface area contributed by atoms with E-state index in [2.05, 4.69) is 4.94 Å². The second kappa shape index (κ2) is 5.74. The van der Waals surface area contributed by atoms with Gasteiger partial charge in [-0.3, -0.25) is 9.74 Å². The summed E-state index contributed by atoms with van der Waals surface area (Å²) >= 11 is 0. The number of ketones is 1. The lowest BCUT2D eigenvalue weighted by Gasteiger charge is -2.05. The minimum Gasteiger partial charge on any atom is -0.398 e. The average molecular weight is 238 g/mol. The normalized spacial score (nSPS) is 9.71. The quantitative estimate of drug-likeness (QED) is 0.460. The average Bonchev–Trinajstić information content (AvgIpc) is 2.29. The zero-order chi connectivity index (χ0) is 12.8. The van der Waals surface area contributed by atoms with Crippen molar-refractivity contribution in [1.82, 2.24) is 0 Å². The van der Waals surface area contributed by atoms with E-state index in [-0.39, 0.29) is 12.1 Å². The summed E-state index contributed by atoms with van der Waals surface area (Å²) in [6.45, 7) is 0. The van der Waals surface area contributed by atoms with E-state index in [9.17, 15) is 14.1 Å².